The summed E-state index contributed by atoms with van der Waals surface area (Å²) in [5.41, 5.74) is 3.06. The SMILES string of the molecule is CC(c1ccc(-c2cc3c(C#N)cccc3c(=O)[nH]2)cc1)n1ccnc1. The zero-order valence-corrected chi connectivity index (χ0v) is 14.2. The van der Waals surface area contributed by atoms with E-state index >= 15 is 0 Å². The molecule has 2 aromatic carbocycles. The van der Waals surface area contributed by atoms with Gasteiger partial charge in [-0.2, -0.15) is 5.26 Å². The number of rotatable bonds is 3. The van der Waals surface area contributed by atoms with Gasteiger partial charge >= 0.3 is 0 Å². The summed E-state index contributed by atoms with van der Waals surface area (Å²) < 4.78 is 2.03. The van der Waals surface area contributed by atoms with Crippen molar-refractivity contribution >= 4 is 10.8 Å². The Morgan fingerprint density at radius 3 is 2.65 bits per heavy atom. The van der Waals surface area contributed by atoms with E-state index in [4.69, 9.17) is 0 Å². The summed E-state index contributed by atoms with van der Waals surface area (Å²) in [7, 11) is 0. The number of hydrogen-bond acceptors (Lipinski definition) is 3. The van der Waals surface area contributed by atoms with Crippen molar-refractivity contribution in [1.82, 2.24) is 14.5 Å². The highest BCUT2D eigenvalue weighted by atomic mass is 16.1. The molecule has 2 heterocycles. The molecule has 2 aromatic heterocycles. The van der Waals surface area contributed by atoms with E-state index in [0.717, 1.165) is 11.1 Å². The molecule has 0 radical (unpaired) electrons. The van der Waals surface area contributed by atoms with Crippen LogP contribution in [0, 0.1) is 11.3 Å². The van der Waals surface area contributed by atoms with Gasteiger partial charge in [0.1, 0.15) is 0 Å². The number of aromatic amines is 1. The van der Waals surface area contributed by atoms with Gasteiger partial charge in [0.15, 0.2) is 0 Å². The molecule has 26 heavy (non-hydrogen) atoms. The molecule has 0 amide bonds. The minimum absolute atomic E-state index is 0.174. The van der Waals surface area contributed by atoms with E-state index in [-0.39, 0.29) is 11.6 Å². The topological polar surface area (TPSA) is 74.5 Å². The highest BCUT2D eigenvalue weighted by molar-refractivity contribution is 5.89. The van der Waals surface area contributed by atoms with E-state index in [2.05, 4.69) is 23.0 Å². The number of nitriles is 1. The van der Waals surface area contributed by atoms with Crippen LogP contribution in [0.15, 0.2) is 72.0 Å². The minimum Gasteiger partial charge on any atom is -0.330 e. The normalized spacial score (nSPS) is 12.0. The van der Waals surface area contributed by atoms with Crippen LogP contribution in [0.1, 0.15) is 24.1 Å². The highest BCUT2D eigenvalue weighted by Crippen LogP contribution is 2.25. The number of imidazole rings is 1. The molecule has 1 atom stereocenters. The molecule has 4 rings (SSSR count). The smallest absolute Gasteiger partial charge is 0.256 e. The summed E-state index contributed by atoms with van der Waals surface area (Å²) in [6, 6.07) is 17.4. The number of fused-ring (bicyclic) bond motifs is 1. The number of nitrogens with one attached hydrogen (secondary N) is 1. The van der Waals surface area contributed by atoms with Gasteiger partial charge in [-0.3, -0.25) is 4.79 Å². The third kappa shape index (κ3) is 2.68. The second kappa shape index (κ2) is 6.34. The molecule has 1 unspecified atom stereocenters. The second-order valence-electron chi connectivity index (χ2n) is 6.20. The van der Waals surface area contributed by atoms with Gasteiger partial charge in [-0.1, -0.05) is 30.3 Å². The lowest BCUT2D eigenvalue weighted by molar-refractivity contribution is 0.638. The van der Waals surface area contributed by atoms with Crippen molar-refractivity contribution in [2.24, 2.45) is 0 Å². The van der Waals surface area contributed by atoms with Crippen molar-refractivity contribution in [2.45, 2.75) is 13.0 Å². The number of aromatic nitrogens is 3. The molecule has 0 fully saturated rings. The van der Waals surface area contributed by atoms with Crippen LogP contribution in [0.5, 0.6) is 0 Å². The Labute approximate surface area is 150 Å². The molecule has 0 saturated heterocycles. The fourth-order valence-electron chi connectivity index (χ4n) is 3.15. The third-order valence-corrected chi connectivity index (χ3v) is 4.68. The maximum atomic E-state index is 12.4. The molecule has 5 heteroatoms. The van der Waals surface area contributed by atoms with E-state index in [1.807, 2.05) is 41.1 Å². The maximum absolute atomic E-state index is 12.4. The molecule has 0 aliphatic rings. The first-order valence-corrected chi connectivity index (χ1v) is 8.31. The number of hydrogen-bond donors (Lipinski definition) is 1. The van der Waals surface area contributed by atoms with Crippen molar-refractivity contribution in [1.29, 1.82) is 5.26 Å². The average Bonchev–Trinajstić information content (AvgIpc) is 3.22. The van der Waals surface area contributed by atoms with Gasteiger partial charge < -0.3 is 9.55 Å². The standard InChI is InChI=1S/C21H16N4O/c1-14(25-10-9-23-13-25)15-5-7-16(8-6-15)20-11-19-17(12-22)3-2-4-18(19)21(26)24-20/h2-11,13-14H,1H3,(H,24,26). The molecule has 0 spiro atoms. The Bertz CT molecular complexity index is 1170. The quantitative estimate of drug-likeness (QED) is 0.615. The van der Waals surface area contributed by atoms with Crippen LogP contribution in [0.2, 0.25) is 0 Å². The van der Waals surface area contributed by atoms with Gasteiger partial charge in [0.05, 0.1) is 24.0 Å². The van der Waals surface area contributed by atoms with E-state index in [1.54, 1.807) is 30.7 Å². The van der Waals surface area contributed by atoms with Gasteiger partial charge in [0.25, 0.3) is 5.56 Å². The molecule has 0 bridgehead atoms. The van der Waals surface area contributed by atoms with E-state index < -0.39 is 0 Å². The summed E-state index contributed by atoms with van der Waals surface area (Å²) in [5.74, 6) is 0. The van der Waals surface area contributed by atoms with E-state index in [0.29, 0.717) is 22.0 Å². The molecular weight excluding hydrogens is 324 g/mol. The lowest BCUT2D eigenvalue weighted by atomic mass is 10.0. The Morgan fingerprint density at radius 1 is 1.15 bits per heavy atom. The van der Waals surface area contributed by atoms with Crippen LogP contribution in [-0.4, -0.2) is 14.5 Å². The predicted octanol–water partition coefficient (Wildman–Crippen LogP) is 3.87. The third-order valence-electron chi connectivity index (χ3n) is 4.68. The van der Waals surface area contributed by atoms with E-state index in [9.17, 15) is 10.1 Å². The molecule has 0 saturated carbocycles. The lowest BCUT2D eigenvalue weighted by Crippen LogP contribution is -2.08. The molecule has 0 aliphatic carbocycles. The van der Waals surface area contributed by atoms with Gasteiger partial charge in [-0.25, -0.2) is 4.98 Å². The van der Waals surface area contributed by atoms with Gasteiger partial charge in [0.2, 0.25) is 0 Å². The zero-order valence-electron chi connectivity index (χ0n) is 14.2. The molecular formula is C21H16N4O. The van der Waals surface area contributed by atoms with Crippen LogP contribution in [0.25, 0.3) is 22.0 Å². The maximum Gasteiger partial charge on any atom is 0.256 e. The molecule has 4 aromatic rings. The summed E-state index contributed by atoms with van der Waals surface area (Å²) in [5, 5.41) is 10.5. The Hall–Kier alpha value is -3.65. The summed E-state index contributed by atoms with van der Waals surface area (Å²) in [4.78, 5) is 19.4. The number of benzene rings is 2. The first-order valence-electron chi connectivity index (χ1n) is 8.31. The van der Waals surface area contributed by atoms with Crippen molar-refractivity contribution in [3.05, 3.63) is 88.7 Å². The van der Waals surface area contributed by atoms with Crippen LogP contribution >= 0.6 is 0 Å². The minimum atomic E-state index is -0.189. The monoisotopic (exact) mass is 340 g/mol. The summed E-state index contributed by atoms with van der Waals surface area (Å²) >= 11 is 0. The lowest BCUT2D eigenvalue weighted by Gasteiger charge is -2.14. The van der Waals surface area contributed by atoms with Gasteiger partial charge in [-0.05, 0) is 36.2 Å². The fraction of sp³-hybridized carbons (Fsp3) is 0.0952. The van der Waals surface area contributed by atoms with Crippen LogP contribution in [0.4, 0.5) is 0 Å². The number of H-pyrrole nitrogens is 1. The predicted molar refractivity (Wildman–Crippen MR) is 101 cm³/mol. The molecule has 1 N–H and O–H groups in total. The molecule has 5 nitrogen and oxygen atoms in total. The Morgan fingerprint density at radius 2 is 1.96 bits per heavy atom. The van der Waals surface area contributed by atoms with Gasteiger partial charge in [0, 0.05) is 28.9 Å². The fourth-order valence-corrected chi connectivity index (χ4v) is 3.15. The van der Waals surface area contributed by atoms with Gasteiger partial charge in [-0.15, -0.1) is 0 Å². The van der Waals surface area contributed by atoms with Crippen molar-refractivity contribution in [2.75, 3.05) is 0 Å². The second-order valence-corrected chi connectivity index (χ2v) is 6.20. The zero-order chi connectivity index (χ0) is 18.1. The highest BCUT2D eigenvalue weighted by Gasteiger charge is 2.10. The summed E-state index contributed by atoms with van der Waals surface area (Å²) in [6.45, 7) is 2.10. The number of nitrogens with zero attached hydrogens (tertiary/aromatic N) is 3. The van der Waals surface area contributed by atoms with Crippen LogP contribution < -0.4 is 5.56 Å². The first kappa shape index (κ1) is 15.9. The van der Waals surface area contributed by atoms with Crippen molar-refractivity contribution < 1.29 is 0 Å². The van der Waals surface area contributed by atoms with Crippen LogP contribution in [-0.2, 0) is 0 Å². The Kier molecular flexibility index (Phi) is 3.86. The summed E-state index contributed by atoms with van der Waals surface area (Å²) in [6.07, 6.45) is 5.49. The van der Waals surface area contributed by atoms with Crippen LogP contribution in [0.3, 0.4) is 0 Å². The largest absolute Gasteiger partial charge is 0.330 e. The van der Waals surface area contributed by atoms with E-state index in [1.165, 1.54) is 0 Å². The first-order chi connectivity index (χ1) is 12.7. The van der Waals surface area contributed by atoms with Crippen molar-refractivity contribution in [3.8, 4) is 17.3 Å². The van der Waals surface area contributed by atoms with Crippen molar-refractivity contribution in [3.63, 3.8) is 0 Å². The number of pyridine rings is 1. The Balaban J connectivity index is 1.76. The molecule has 126 valence electrons. The average molecular weight is 340 g/mol. The molecule has 0 aliphatic heterocycles.